The fraction of sp³-hybridized carbons (Fsp3) is 0.167. The zero-order chi connectivity index (χ0) is 17.2. The molecule has 7 heteroatoms. The third kappa shape index (κ3) is 3.23. The van der Waals surface area contributed by atoms with E-state index in [1.807, 2.05) is 48.5 Å². The van der Waals surface area contributed by atoms with Crippen LogP contribution in [0, 0.1) is 0 Å². The number of aromatic nitrogens is 3. The zero-order valence-corrected chi connectivity index (χ0v) is 14.1. The second-order valence-electron chi connectivity index (χ2n) is 5.72. The van der Waals surface area contributed by atoms with E-state index in [2.05, 4.69) is 15.3 Å². The molecule has 6 nitrogen and oxygen atoms in total. The van der Waals surface area contributed by atoms with Crippen molar-refractivity contribution in [3.05, 3.63) is 76.8 Å². The van der Waals surface area contributed by atoms with Crippen LogP contribution >= 0.6 is 11.8 Å². The molecule has 1 aromatic carbocycles. The summed E-state index contributed by atoms with van der Waals surface area (Å²) in [4.78, 5) is 22.0. The maximum atomic E-state index is 12.4. The largest absolute Gasteiger partial charge is 0.493 e. The molecule has 0 radical (unpaired) electrons. The average molecular weight is 352 g/mol. The summed E-state index contributed by atoms with van der Waals surface area (Å²) in [5.41, 5.74) is 0.605. The first-order valence-corrected chi connectivity index (χ1v) is 8.80. The van der Waals surface area contributed by atoms with Gasteiger partial charge in [-0.25, -0.2) is 0 Å². The van der Waals surface area contributed by atoms with Crippen molar-refractivity contribution in [2.45, 2.75) is 22.7 Å². The second kappa shape index (κ2) is 6.60. The fourth-order valence-corrected chi connectivity index (χ4v) is 4.14. The van der Waals surface area contributed by atoms with Crippen LogP contribution in [0.4, 0.5) is 5.95 Å². The van der Waals surface area contributed by atoms with Crippen LogP contribution in [0.3, 0.4) is 0 Å². The van der Waals surface area contributed by atoms with E-state index in [1.165, 1.54) is 0 Å². The van der Waals surface area contributed by atoms with Crippen molar-refractivity contribution in [2.75, 3.05) is 5.32 Å². The SMILES string of the molecule is O=c1cc(O)nc2n1C(Sc1ccccc1)CC(c1ccccn1)N2. The minimum absolute atomic E-state index is 0.0869. The maximum absolute atomic E-state index is 12.4. The summed E-state index contributed by atoms with van der Waals surface area (Å²) in [6, 6.07) is 16.7. The van der Waals surface area contributed by atoms with E-state index in [-0.39, 0.29) is 22.9 Å². The lowest BCUT2D eigenvalue weighted by Gasteiger charge is -2.33. The molecule has 1 aliphatic heterocycles. The molecule has 1 aliphatic rings. The van der Waals surface area contributed by atoms with Crippen molar-refractivity contribution >= 4 is 17.7 Å². The van der Waals surface area contributed by atoms with Crippen LogP contribution < -0.4 is 10.9 Å². The first-order valence-electron chi connectivity index (χ1n) is 7.92. The third-order valence-corrected chi connectivity index (χ3v) is 5.25. The number of fused-ring (bicyclic) bond motifs is 1. The lowest BCUT2D eigenvalue weighted by Crippen LogP contribution is -2.34. The van der Waals surface area contributed by atoms with Crippen LogP contribution in [0.5, 0.6) is 5.88 Å². The highest BCUT2D eigenvalue weighted by molar-refractivity contribution is 7.99. The van der Waals surface area contributed by atoms with Crippen LogP contribution in [-0.2, 0) is 0 Å². The quantitative estimate of drug-likeness (QED) is 0.753. The fourth-order valence-electron chi connectivity index (χ4n) is 2.91. The summed E-state index contributed by atoms with van der Waals surface area (Å²) in [5.74, 6) is 0.0780. The molecule has 2 N–H and O–H groups in total. The normalized spacial score (nSPS) is 19.0. The Hall–Kier alpha value is -2.80. The summed E-state index contributed by atoms with van der Waals surface area (Å²) >= 11 is 1.60. The molecule has 0 bridgehead atoms. The van der Waals surface area contributed by atoms with Gasteiger partial charge in [-0.2, -0.15) is 4.98 Å². The Morgan fingerprint density at radius 2 is 1.96 bits per heavy atom. The Labute approximate surface area is 148 Å². The summed E-state index contributed by atoms with van der Waals surface area (Å²) in [6.45, 7) is 0. The van der Waals surface area contributed by atoms with Crippen LogP contribution in [0.15, 0.2) is 70.5 Å². The van der Waals surface area contributed by atoms with Gasteiger partial charge in [-0.1, -0.05) is 24.3 Å². The Kier molecular flexibility index (Phi) is 4.15. The first kappa shape index (κ1) is 15.7. The molecule has 3 heterocycles. The van der Waals surface area contributed by atoms with Crippen molar-refractivity contribution in [1.29, 1.82) is 0 Å². The lowest BCUT2D eigenvalue weighted by molar-refractivity contribution is 0.435. The molecule has 2 atom stereocenters. The molecule has 3 aromatic rings. The highest BCUT2D eigenvalue weighted by Gasteiger charge is 2.30. The van der Waals surface area contributed by atoms with Gasteiger partial charge in [0.1, 0.15) is 0 Å². The number of aromatic hydroxyl groups is 1. The van der Waals surface area contributed by atoms with Crippen molar-refractivity contribution in [3.8, 4) is 5.88 Å². The molecule has 4 rings (SSSR count). The first-order chi connectivity index (χ1) is 12.2. The molecule has 2 unspecified atom stereocenters. The number of hydrogen-bond donors (Lipinski definition) is 2. The molecule has 0 saturated heterocycles. The van der Waals surface area contributed by atoms with E-state index >= 15 is 0 Å². The molecule has 126 valence electrons. The standard InChI is InChI=1S/C18H16N4O2S/c23-15-11-16(24)22-17(25-12-6-2-1-3-7-12)10-14(20-18(22)21-15)13-8-4-5-9-19-13/h1-9,11,14,17,23H,10H2,(H,20,21). The molecular formula is C18H16N4O2S. The molecule has 2 aromatic heterocycles. The van der Waals surface area contributed by atoms with Gasteiger partial charge < -0.3 is 10.4 Å². The van der Waals surface area contributed by atoms with Gasteiger partial charge in [0.25, 0.3) is 5.56 Å². The summed E-state index contributed by atoms with van der Waals surface area (Å²) in [5, 5.41) is 12.8. The number of anilines is 1. The van der Waals surface area contributed by atoms with Crippen LogP contribution in [0.25, 0.3) is 0 Å². The van der Waals surface area contributed by atoms with Gasteiger partial charge in [-0.05, 0) is 24.3 Å². The zero-order valence-electron chi connectivity index (χ0n) is 13.2. The van der Waals surface area contributed by atoms with Crippen molar-refractivity contribution in [2.24, 2.45) is 0 Å². The van der Waals surface area contributed by atoms with E-state index in [9.17, 15) is 9.90 Å². The van der Waals surface area contributed by atoms with Crippen LogP contribution in [-0.4, -0.2) is 19.6 Å². The van der Waals surface area contributed by atoms with Gasteiger partial charge in [-0.3, -0.25) is 14.3 Å². The number of hydrogen-bond acceptors (Lipinski definition) is 6. The third-order valence-electron chi connectivity index (χ3n) is 4.03. The average Bonchev–Trinajstić information content (AvgIpc) is 2.62. The maximum Gasteiger partial charge on any atom is 0.259 e. The summed E-state index contributed by atoms with van der Waals surface area (Å²) < 4.78 is 1.59. The van der Waals surface area contributed by atoms with Crippen LogP contribution in [0.2, 0.25) is 0 Å². The lowest BCUT2D eigenvalue weighted by atomic mass is 10.1. The molecule has 0 amide bonds. The Morgan fingerprint density at radius 3 is 2.72 bits per heavy atom. The molecule has 25 heavy (non-hydrogen) atoms. The van der Waals surface area contributed by atoms with E-state index in [4.69, 9.17) is 0 Å². The summed E-state index contributed by atoms with van der Waals surface area (Å²) in [7, 11) is 0. The van der Waals surface area contributed by atoms with E-state index in [1.54, 1.807) is 22.5 Å². The van der Waals surface area contributed by atoms with Gasteiger partial charge in [0.15, 0.2) is 0 Å². The number of rotatable bonds is 3. The van der Waals surface area contributed by atoms with Crippen molar-refractivity contribution in [1.82, 2.24) is 14.5 Å². The minimum atomic E-state index is -0.283. The number of thioether (sulfide) groups is 1. The highest BCUT2D eigenvalue weighted by atomic mass is 32.2. The Bertz CT molecular complexity index is 931. The van der Waals surface area contributed by atoms with Crippen LogP contribution in [0.1, 0.15) is 23.5 Å². The van der Waals surface area contributed by atoms with Gasteiger partial charge in [0.2, 0.25) is 11.8 Å². The molecule has 0 aliphatic carbocycles. The van der Waals surface area contributed by atoms with Crippen molar-refractivity contribution < 1.29 is 5.11 Å². The van der Waals surface area contributed by atoms with E-state index in [0.29, 0.717) is 12.4 Å². The molecule has 0 spiro atoms. The van der Waals surface area contributed by atoms with E-state index < -0.39 is 0 Å². The molecule has 0 saturated carbocycles. The predicted molar refractivity (Wildman–Crippen MR) is 96.7 cm³/mol. The molecular weight excluding hydrogens is 336 g/mol. The second-order valence-corrected chi connectivity index (χ2v) is 6.97. The Morgan fingerprint density at radius 1 is 1.16 bits per heavy atom. The van der Waals surface area contributed by atoms with Crippen molar-refractivity contribution in [3.63, 3.8) is 0 Å². The topological polar surface area (TPSA) is 80.0 Å². The number of nitrogens with zero attached hydrogens (tertiary/aromatic N) is 3. The van der Waals surface area contributed by atoms with Gasteiger partial charge in [0.05, 0.1) is 23.2 Å². The smallest absolute Gasteiger partial charge is 0.259 e. The van der Waals surface area contributed by atoms with Gasteiger partial charge in [-0.15, -0.1) is 11.8 Å². The number of nitrogens with one attached hydrogen (secondary N) is 1. The highest BCUT2D eigenvalue weighted by Crippen LogP contribution is 2.42. The monoisotopic (exact) mass is 352 g/mol. The van der Waals surface area contributed by atoms with E-state index in [0.717, 1.165) is 16.7 Å². The van der Waals surface area contributed by atoms with Gasteiger partial charge >= 0.3 is 0 Å². The predicted octanol–water partition coefficient (Wildman–Crippen LogP) is 3.19. The minimum Gasteiger partial charge on any atom is -0.493 e. The summed E-state index contributed by atoms with van der Waals surface area (Å²) in [6.07, 6.45) is 2.42. The number of pyridine rings is 1. The van der Waals surface area contributed by atoms with Gasteiger partial charge in [0, 0.05) is 17.5 Å². The number of benzene rings is 1. The molecule has 0 fully saturated rings. The Balaban J connectivity index is 1.75.